The standard InChI is InChI=1S/C9H13N3O4/c1-5(2)4-16-12-8(14)6-3-7(13)11-9(15)10-6/h3,5H,4H2,1-2H3,(H,12,14)(H2,10,11,13,15). The predicted octanol–water partition coefficient (Wildman–Crippen LogP) is -0.619. The van der Waals surface area contributed by atoms with Crippen molar-refractivity contribution in [3.8, 4) is 0 Å². The molecule has 0 saturated carbocycles. The third kappa shape index (κ3) is 3.70. The van der Waals surface area contributed by atoms with E-state index in [9.17, 15) is 14.4 Å². The van der Waals surface area contributed by atoms with Gasteiger partial charge >= 0.3 is 5.69 Å². The van der Waals surface area contributed by atoms with Gasteiger partial charge in [0.25, 0.3) is 11.5 Å². The Morgan fingerprint density at radius 2 is 2.12 bits per heavy atom. The highest BCUT2D eigenvalue weighted by molar-refractivity contribution is 5.91. The Morgan fingerprint density at radius 1 is 1.44 bits per heavy atom. The molecule has 0 radical (unpaired) electrons. The maximum atomic E-state index is 11.4. The van der Waals surface area contributed by atoms with E-state index in [2.05, 4.69) is 10.5 Å². The summed E-state index contributed by atoms with van der Waals surface area (Å²) in [6, 6.07) is 0.982. The smallest absolute Gasteiger partial charge is 0.303 e. The fourth-order valence-electron chi connectivity index (χ4n) is 0.920. The normalized spacial score (nSPS) is 10.4. The Labute approximate surface area is 90.8 Å². The summed E-state index contributed by atoms with van der Waals surface area (Å²) in [5.74, 6) is -0.401. The summed E-state index contributed by atoms with van der Waals surface area (Å²) < 4.78 is 0. The van der Waals surface area contributed by atoms with E-state index in [-0.39, 0.29) is 11.6 Å². The molecular weight excluding hydrogens is 214 g/mol. The molecule has 0 bridgehead atoms. The van der Waals surface area contributed by atoms with E-state index in [0.717, 1.165) is 6.07 Å². The molecule has 1 aromatic rings. The van der Waals surface area contributed by atoms with Gasteiger partial charge in [-0.25, -0.2) is 10.3 Å². The zero-order valence-corrected chi connectivity index (χ0v) is 8.99. The van der Waals surface area contributed by atoms with Gasteiger partial charge in [-0.2, -0.15) is 0 Å². The summed E-state index contributed by atoms with van der Waals surface area (Å²) in [5, 5.41) is 0. The van der Waals surface area contributed by atoms with Gasteiger partial charge in [-0.1, -0.05) is 13.8 Å². The molecule has 7 heteroatoms. The van der Waals surface area contributed by atoms with Crippen LogP contribution in [0.5, 0.6) is 0 Å². The van der Waals surface area contributed by atoms with Crippen LogP contribution in [-0.4, -0.2) is 22.5 Å². The third-order valence-electron chi connectivity index (χ3n) is 1.59. The molecule has 1 rings (SSSR count). The molecule has 3 N–H and O–H groups in total. The molecule has 0 atom stereocenters. The summed E-state index contributed by atoms with van der Waals surface area (Å²) in [7, 11) is 0. The molecular formula is C9H13N3O4. The summed E-state index contributed by atoms with van der Waals surface area (Å²) >= 11 is 0. The molecule has 0 aliphatic rings. The average molecular weight is 227 g/mol. The minimum absolute atomic E-state index is 0.141. The molecule has 1 heterocycles. The maximum absolute atomic E-state index is 11.4. The second-order valence-electron chi connectivity index (χ2n) is 3.64. The van der Waals surface area contributed by atoms with Crippen molar-refractivity contribution >= 4 is 5.91 Å². The molecule has 16 heavy (non-hydrogen) atoms. The molecule has 0 spiro atoms. The second kappa shape index (κ2) is 5.26. The SMILES string of the molecule is CC(C)CONC(=O)c1cc(=O)[nH]c(=O)[nH]1. The molecule has 1 amide bonds. The monoisotopic (exact) mass is 227 g/mol. The fraction of sp³-hybridized carbons (Fsp3) is 0.444. The van der Waals surface area contributed by atoms with Gasteiger partial charge in [0.05, 0.1) is 6.61 Å². The number of aromatic nitrogens is 2. The van der Waals surface area contributed by atoms with Gasteiger partial charge in [0, 0.05) is 6.07 Å². The molecule has 1 aromatic heterocycles. The Hall–Kier alpha value is -1.89. The first kappa shape index (κ1) is 12.2. The predicted molar refractivity (Wildman–Crippen MR) is 55.9 cm³/mol. The summed E-state index contributed by atoms with van der Waals surface area (Å²) in [6.07, 6.45) is 0. The summed E-state index contributed by atoms with van der Waals surface area (Å²) in [5.41, 5.74) is 0.606. The van der Waals surface area contributed by atoms with Crippen LogP contribution < -0.4 is 16.7 Å². The van der Waals surface area contributed by atoms with E-state index >= 15 is 0 Å². The first-order chi connectivity index (χ1) is 7.49. The lowest BCUT2D eigenvalue weighted by atomic mass is 10.2. The first-order valence-electron chi connectivity index (χ1n) is 4.75. The van der Waals surface area contributed by atoms with E-state index in [1.807, 2.05) is 18.8 Å². The van der Waals surface area contributed by atoms with Gasteiger partial charge in [0.1, 0.15) is 5.69 Å². The number of aromatic amines is 2. The van der Waals surface area contributed by atoms with Crippen LogP contribution in [0, 0.1) is 5.92 Å². The topological polar surface area (TPSA) is 104 Å². The lowest BCUT2D eigenvalue weighted by Crippen LogP contribution is -2.31. The van der Waals surface area contributed by atoms with Gasteiger partial charge in [0.2, 0.25) is 0 Å². The van der Waals surface area contributed by atoms with E-state index in [1.165, 1.54) is 0 Å². The van der Waals surface area contributed by atoms with Crippen molar-refractivity contribution in [3.63, 3.8) is 0 Å². The number of carbonyl (C=O) groups excluding carboxylic acids is 1. The second-order valence-corrected chi connectivity index (χ2v) is 3.64. The largest absolute Gasteiger partial charge is 0.326 e. The van der Waals surface area contributed by atoms with Crippen LogP contribution in [0.3, 0.4) is 0 Å². The van der Waals surface area contributed by atoms with Crippen molar-refractivity contribution in [3.05, 3.63) is 32.6 Å². The lowest BCUT2D eigenvalue weighted by Gasteiger charge is -2.06. The minimum Gasteiger partial charge on any atom is -0.303 e. The number of H-pyrrole nitrogens is 2. The Bertz CT molecular complexity index is 446. The number of hydroxylamine groups is 1. The van der Waals surface area contributed by atoms with E-state index in [1.54, 1.807) is 0 Å². The van der Waals surface area contributed by atoms with E-state index in [4.69, 9.17) is 4.84 Å². The van der Waals surface area contributed by atoms with Gasteiger partial charge in [-0.15, -0.1) is 0 Å². The molecule has 88 valence electrons. The highest BCUT2D eigenvalue weighted by Crippen LogP contribution is 1.91. The van der Waals surface area contributed by atoms with Crippen LogP contribution in [0.2, 0.25) is 0 Å². The number of nitrogens with one attached hydrogen (secondary N) is 3. The van der Waals surface area contributed by atoms with Crippen molar-refractivity contribution in [2.45, 2.75) is 13.8 Å². The third-order valence-corrected chi connectivity index (χ3v) is 1.59. The van der Waals surface area contributed by atoms with Gasteiger partial charge in [-0.3, -0.25) is 19.4 Å². The van der Waals surface area contributed by atoms with Crippen molar-refractivity contribution in [1.82, 2.24) is 15.4 Å². The lowest BCUT2D eigenvalue weighted by molar-refractivity contribution is 0.0204. The average Bonchev–Trinajstić information content (AvgIpc) is 2.15. The van der Waals surface area contributed by atoms with Gasteiger partial charge < -0.3 is 4.98 Å². The van der Waals surface area contributed by atoms with Gasteiger partial charge in [0.15, 0.2) is 0 Å². The number of carbonyl (C=O) groups is 1. The Kier molecular flexibility index (Phi) is 4.01. The highest BCUT2D eigenvalue weighted by atomic mass is 16.6. The molecule has 0 aliphatic heterocycles. The van der Waals surface area contributed by atoms with Crippen molar-refractivity contribution < 1.29 is 9.63 Å². The number of rotatable bonds is 4. The Balaban J connectivity index is 2.66. The van der Waals surface area contributed by atoms with E-state index in [0.29, 0.717) is 6.61 Å². The Morgan fingerprint density at radius 3 is 2.69 bits per heavy atom. The van der Waals surface area contributed by atoms with Crippen LogP contribution in [0.15, 0.2) is 15.7 Å². The summed E-state index contributed by atoms with van der Waals surface area (Å²) in [6.45, 7) is 4.18. The maximum Gasteiger partial charge on any atom is 0.326 e. The highest BCUT2D eigenvalue weighted by Gasteiger charge is 2.07. The first-order valence-corrected chi connectivity index (χ1v) is 4.75. The van der Waals surface area contributed by atoms with Crippen LogP contribution in [0.4, 0.5) is 0 Å². The number of hydrogen-bond acceptors (Lipinski definition) is 4. The molecule has 0 fully saturated rings. The molecule has 0 unspecified atom stereocenters. The van der Waals surface area contributed by atoms with Crippen molar-refractivity contribution in [2.75, 3.05) is 6.61 Å². The van der Waals surface area contributed by atoms with Crippen LogP contribution in [0.1, 0.15) is 24.3 Å². The van der Waals surface area contributed by atoms with Crippen LogP contribution >= 0.6 is 0 Å². The fourth-order valence-corrected chi connectivity index (χ4v) is 0.920. The minimum atomic E-state index is -0.735. The van der Waals surface area contributed by atoms with Crippen LogP contribution in [0.25, 0.3) is 0 Å². The molecule has 0 aliphatic carbocycles. The number of hydrogen-bond donors (Lipinski definition) is 3. The zero-order valence-electron chi connectivity index (χ0n) is 8.99. The van der Waals surface area contributed by atoms with Gasteiger partial charge in [-0.05, 0) is 5.92 Å². The van der Waals surface area contributed by atoms with Crippen molar-refractivity contribution in [1.29, 1.82) is 0 Å². The van der Waals surface area contributed by atoms with E-state index < -0.39 is 17.2 Å². The quantitative estimate of drug-likeness (QED) is 0.596. The molecule has 0 aromatic carbocycles. The van der Waals surface area contributed by atoms with Crippen LogP contribution in [-0.2, 0) is 4.84 Å². The number of amides is 1. The summed E-state index contributed by atoms with van der Waals surface area (Å²) in [4.78, 5) is 42.1. The molecule has 0 saturated heterocycles. The molecule has 7 nitrogen and oxygen atoms in total. The van der Waals surface area contributed by atoms with Crippen molar-refractivity contribution in [2.24, 2.45) is 5.92 Å². The zero-order chi connectivity index (χ0) is 12.1.